The maximum atomic E-state index is 3.57. The van der Waals surface area contributed by atoms with Gasteiger partial charge in [0.05, 0.1) is 0 Å². The fourth-order valence-corrected chi connectivity index (χ4v) is 2.59. The van der Waals surface area contributed by atoms with Gasteiger partial charge >= 0.3 is 0 Å². The predicted octanol–water partition coefficient (Wildman–Crippen LogP) is 2.98. The molecule has 2 aromatic rings. The number of likely N-dealkylation sites (N-methyl/N-ethyl adjacent to an activating group) is 1. The van der Waals surface area contributed by atoms with Crippen LogP contribution in [0.4, 0.5) is 0 Å². The van der Waals surface area contributed by atoms with E-state index in [1.807, 2.05) is 0 Å². The van der Waals surface area contributed by atoms with Gasteiger partial charge in [-0.1, -0.05) is 31.2 Å². The monoisotopic (exact) mass is 285 g/mol. The Balaban J connectivity index is 1.97. The molecule has 0 spiro atoms. The number of benzene rings is 1. The average molecular weight is 285 g/mol. The van der Waals surface area contributed by atoms with E-state index in [1.54, 1.807) is 0 Å². The Kier molecular flexibility index (Phi) is 5.59. The van der Waals surface area contributed by atoms with Crippen molar-refractivity contribution in [2.75, 3.05) is 20.6 Å². The van der Waals surface area contributed by atoms with Crippen molar-refractivity contribution >= 4 is 0 Å². The van der Waals surface area contributed by atoms with E-state index in [-0.39, 0.29) is 0 Å². The summed E-state index contributed by atoms with van der Waals surface area (Å²) in [5.41, 5.74) is 4.08. The largest absolute Gasteiger partial charge is 0.353 e. The summed E-state index contributed by atoms with van der Waals surface area (Å²) in [6.07, 6.45) is 3.18. The number of aromatic nitrogens is 1. The molecule has 0 saturated carbocycles. The first kappa shape index (κ1) is 15.8. The molecule has 1 aromatic carbocycles. The van der Waals surface area contributed by atoms with Gasteiger partial charge in [-0.2, -0.15) is 0 Å². The molecule has 0 amide bonds. The molecule has 1 unspecified atom stereocenters. The molecule has 0 saturated heterocycles. The van der Waals surface area contributed by atoms with Gasteiger partial charge in [0.2, 0.25) is 0 Å². The molecule has 1 heterocycles. The van der Waals surface area contributed by atoms with Gasteiger partial charge in [-0.25, -0.2) is 0 Å². The Bertz CT molecular complexity index is 540. The number of aryl methyl sites for hydroxylation is 2. The van der Waals surface area contributed by atoms with Crippen LogP contribution in [0.15, 0.2) is 42.6 Å². The van der Waals surface area contributed by atoms with Crippen molar-refractivity contribution in [3.05, 3.63) is 59.4 Å². The lowest BCUT2D eigenvalue weighted by atomic mass is 10.0. The number of nitrogens with one attached hydrogen (secondary N) is 1. The normalized spacial score (nSPS) is 12.8. The van der Waals surface area contributed by atoms with Gasteiger partial charge in [-0.3, -0.25) is 0 Å². The lowest BCUT2D eigenvalue weighted by Gasteiger charge is -2.25. The number of nitrogens with zero attached hydrogens (tertiary/aromatic N) is 2. The van der Waals surface area contributed by atoms with Crippen molar-refractivity contribution in [1.29, 1.82) is 0 Å². The Hall–Kier alpha value is -1.58. The SMILES string of the molecule is CCc1ccc(C(CNCc2cccn2C)N(C)C)cc1. The van der Waals surface area contributed by atoms with Crippen molar-refractivity contribution in [3.63, 3.8) is 0 Å². The molecule has 1 atom stereocenters. The molecule has 0 aliphatic rings. The van der Waals surface area contributed by atoms with Gasteiger partial charge in [0.1, 0.15) is 0 Å². The minimum atomic E-state index is 0.399. The minimum Gasteiger partial charge on any atom is -0.353 e. The summed E-state index contributed by atoms with van der Waals surface area (Å²) in [4.78, 5) is 2.28. The molecule has 3 nitrogen and oxygen atoms in total. The highest BCUT2D eigenvalue weighted by atomic mass is 15.1. The van der Waals surface area contributed by atoms with E-state index in [9.17, 15) is 0 Å². The molecule has 2 rings (SSSR count). The van der Waals surface area contributed by atoms with E-state index in [1.165, 1.54) is 16.8 Å². The van der Waals surface area contributed by atoms with Gasteiger partial charge in [-0.05, 0) is 43.8 Å². The molecule has 3 heteroatoms. The molecule has 114 valence electrons. The summed E-state index contributed by atoms with van der Waals surface area (Å²) in [6.45, 7) is 4.05. The van der Waals surface area contributed by atoms with E-state index in [0.29, 0.717) is 6.04 Å². The highest BCUT2D eigenvalue weighted by Crippen LogP contribution is 2.18. The van der Waals surface area contributed by atoms with Crippen LogP contribution in [0.25, 0.3) is 0 Å². The smallest absolute Gasteiger partial charge is 0.0466 e. The second kappa shape index (κ2) is 7.43. The zero-order valence-corrected chi connectivity index (χ0v) is 13.6. The van der Waals surface area contributed by atoms with Gasteiger partial charge in [0.25, 0.3) is 0 Å². The van der Waals surface area contributed by atoms with Crippen molar-refractivity contribution < 1.29 is 0 Å². The highest BCUT2D eigenvalue weighted by Gasteiger charge is 2.13. The van der Waals surface area contributed by atoms with Crippen LogP contribution in [0.5, 0.6) is 0 Å². The third kappa shape index (κ3) is 4.19. The zero-order valence-electron chi connectivity index (χ0n) is 13.6. The van der Waals surface area contributed by atoms with Crippen LogP contribution < -0.4 is 5.32 Å². The van der Waals surface area contributed by atoms with Crippen LogP contribution in [0, 0.1) is 0 Å². The first-order valence-corrected chi connectivity index (χ1v) is 7.68. The van der Waals surface area contributed by atoms with E-state index in [4.69, 9.17) is 0 Å². The standard InChI is InChI=1S/C18H27N3/c1-5-15-8-10-16(11-9-15)18(20(2)3)14-19-13-17-7-6-12-21(17)4/h6-12,18-19H,5,13-14H2,1-4H3. The summed E-state index contributed by atoms with van der Waals surface area (Å²) in [5, 5.41) is 3.57. The van der Waals surface area contributed by atoms with E-state index in [2.05, 4.69) is 85.4 Å². The van der Waals surface area contributed by atoms with Gasteiger partial charge < -0.3 is 14.8 Å². The van der Waals surface area contributed by atoms with Crippen LogP contribution in [0.3, 0.4) is 0 Å². The summed E-state index contributed by atoms with van der Waals surface area (Å²) in [5.74, 6) is 0. The molecule has 0 fully saturated rings. The number of hydrogen-bond donors (Lipinski definition) is 1. The van der Waals surface area contributed by atoms with E-state index >= 15 is 0 Å². The van der Waals surface area contributed by atoms with E-state index in [0.717, 1.165) is 19.5 Å². The van der Waals surface area contributed by atoms with Crippen LogP contribution >= 0.6 is 0 Å². The third-order valence-corrected chi connectivity index (χ3v) is 4.09. The first-order chi connectivity index (χ1) is 10.1. The molecule has 0 bridgehead atoms. The minimum absolute atomic E-state index is 0.399. The molecule has 0 aliphatic carbocycles. The molecule has 1 aromatic heterocycles. The van der Waals surface area contributed by atoms with Crippen LogP contribution in [-0.2, 0) is 20.0 Å². The summed E-state index contributed by atoms with van der Waals surface area (Å²) < 4.78 is 2.16. The van der Waals surface area contributed by atoms with Crippen molar-refractivity contribution in [2.24, 2.45) is 7.05 Å². The highest BCUT2D eigenvalue weighted by molar-refractivity contribution is 5.25. The predicted molar refractivity (Wildman–Crippen MR) is 89.4 cm³/mol. The van der Waals surface area contributed by atoms with Crippen molar-refractivity contribution in [3.8, 4) is 0 Å². The molecule has 21 heavy (non-hydrogen) atoms. The Morgan fingerprint density at radius 2 is 1.86 bits per heavy atom. The molecule has 0 aliphatic heterocycles. The molecular weight excluding hydrogens is 258 g/mol. The van der Waals surface area contributed by atoms with Crippen molar-refractivity contribution in [1.82, 2.24) is 14.8 Å². The van der Waals surface area contributed by atoms with Crippen LogP contribution in [0.1, 0.15) is 29.8 Å². The zero-order chi connectivity index (χ0) is 15.2. The molecular formula is C18H27N3. The first-order valence-electron chi connectivity index (χ1n) is 7.68. The quantitative estimate of drug-likeness (QED) is 0.844. The van der Waals surface area contributed by atoms with Crippen LogP contribution in [0.2, 0.25) is 0 Å². The average Bonchev–Trinajstić information content (AvgIpc) is 2.89. The van der Waals surface area contributed by atoms with Gasteiger partial charge in [0, 0.05) is 38.1 Å². The lowest BCUT2D eigenvalue weighted by Crippen LogP contribution is -2.31. The Morgan fingerprint density at radius 1 is 1.14 bits per heavy atom. The fraction of sp³-hybridized carbons (Fsp3) is 0.444. The topological polar surface area (TPSA) is 20.2 Å². The maximum Gasteiger partial charge on any atom is 0.0466 e. The Labute approximate surface area is 128 Å². The second-order valence-electron chi connectivity index (χ2n) is 5.82. The van der Waals surface area contributed by atoms with Gasteiger partial charge in [-0.15, -0.1) is 0 Å². The Morgan fingerprint density at radius 3 is 2.38 bits per heavy atom. The summed E-state index contributed by atoms with van der Waals surface area (Å²) >= 11 is 0. The van der Waals surface area contributed by atoms with Gasteiger partial charge in [0.15, 0.2) is 0 Å². The fourth-order valence-electron chi connectivity index (χ4n) is 2.59. The maximum absolute atomic E-state index is 3.57. The summed E-state index contributed by atoms with van der Waals surface area (Å²) in [7, 11) is 6.37. The van der Waals surface area contributed by atoms with E-state index < -0.39 is 0 Å². The number of rotatable bonds is 7. The lowest BCUT2D eigenvalue weighted by molar-refractivity contribution is 0.287. The second-order valence-corrected chi connectivity index (χ2v) is 5.82. The van der Waals surface area contributed by atoms with Crippen molar-refractivity contribution in [2.45, 2.75) is 25.9 Å². The molecule has 1 N–H and O–H groups in total. The third-order valence-electron chi connectivity index (χ3n) is 4.09. The number of hydrogen-bond acceptors (Lipinski definition) is 2. The molecule has 0 radical (unpaired) electrons. The van der Waals surface area contributed by atoms with Crippen LogP contribution in [-0.4, -0.2) is 30.1 Å². The summed E-state index contributed by atoms with van der Waals surface area (Å²) in [6, 6.07) is 13.6.